The molecule has 1 nitrogen and oxygen atoms in total. The summed E-state index contributed by atoms with van der Waals surface area (Å²) >= 11 is 0. The minimum absolute atomic E-state index is 0.0428. The van der Waals surface area contributed by atoms with E-state index >= 15 is 0 Å². The van der Waals surface area contributed by atoms with Crippen LogP contribution in [-0.2, 0) is 11.2 Å². The summed E-state index contributed by atoms with van der Waals surface area (Å²) in [7, 11) is 0. The van der Waals surface area contributed by atoms with Gasteiger partial charge in [0.05, 0.1) is 0 Å². The summed E-state index contributed by atoms with van der Waals surface area (Å²) in [6.07, 6.45) is 1.02. The third kappa shape index (κ3) is 3.11. The molecule has 0 fully saturated rings. The molecule has 0 aliphatic heterocycles. The number of Topliss-reactive ketones (excluding diaryl/α,β-unsaturated/α-hetero) is 1. The second-order valence-electron chi connectivity index (χ2n) is 3.66. The van der Waals surface area contributed by atoms with Crippen LogP contribution in [0.5, 0.6) is 0 Å². The van der Waals surface area contributed by atoms with E-state index in [1.165, 1.54) is 19.1 Å². The predicted octanol–water partition coefficient (Wildman–Crippen LogP) is 3.12. The normalized spacial score (nSPS) is 12.5. The van der Waals surface area contributed by atoms with E-state index in [1.807, 2.05) is 6.92 Å². The number of benzene rings is 1. The molecule has 0 N–H and O–H groups in total. The highest BCUT2D eigenvalue weighted by Crippen LogP contribution is 2.17. The van der Waals surface area contributed by atoms with Crippen molar-refractivity contribution >= 4 is 5.78 Å². The van der Waals surface area contributed by atoms with Gasteiger partial charge in [-0.1, -0.05) is 13.0 Å². The molecule has 1 rings (SSSR count). The summed E-state index contributed by atoms with van der Waals surface area (Å²) in [5.41, 5.74) is 0.401. The van der Waals surface area contributed by atoms with Crippen molar-refractivity contribution in [2.75, 3.05) is 0 Å². The molecule has 1 aromatic rings. The minimum Gasteiger partial charge on any atom is -0.300 e. The maximum atomic E-state index is 13.3. The molecule has 15 heavy (non-hydrogen) atoms. The molecule has 0 spiro atoms. The van der Waals surface area contributed by atoms with Gasteiger partial charge in [-0.2, -0.15) is 0 Å². The molecular formula is C12H14F2O. The lowest BCUT2D eigenvalue weighted by molar-refractivity contribution is -0.120. The Morgan fingerprint density at radius 3 is 2.53 bits per heavy atom. The Balaban J connectivity index is 2.84. The van der Waals surface area contributed by atoms with Crippen molar-refractivity contribution in [2.45, 2.75) is 26.7 Å². The van der Waals surface area contributed by atoms with E-state index in [0.717, 1.165) is 6.07 Å². The van der Waals surface area contributed by atoms with Gasteiger partial charge in [0.25, 0.3) is 0 Å². The molecule has 0 radical (unpaired) electrons. The molecular weight excluding hydrogens is 198 g/mol. The van der Waals surface area contributed by atoms with Crippen LogP contribution in [0.4, 0.5) is 8.78 Å². The third-order valence-corrected chi connectivity index (χ3v) is 2.55. The summed E-state index contributed by atoms with van der Waals surface area (Å²) in [6.45, 7) is 3.38. The van der Waals surface area contributed by atoms with E-state index in [2.05, 4.69) is 0 Å². The molecule has 0 saturated carbocycles. The summed E-state index contributed by atoms with van der Waals surface area (Å²) in [6, 6.07) is 3.46. The molecule has 0 aliphatic carbocycles. The maximum absolute atomic E-state index is 13.3. The van der Waals surface area contributed by atoms with E-state index in [1.54, 1.807) is 0 Å². The predicted molar refractivity (Wildman–Crippen MR) is 54.5 cm³/mol. The average molecular weight is 212 g/mol. The molecule has 0 heterocycles. The lowest BCUT2D eigenvalue weighted by Gasteiger charge is -2.11. The summed E-state index contributed by atoms with van der Waals surface area (Å²) in [5.74, 6) is -1.30. The van der Waals surface area contributed by atoms with Crippen molar-refractivity contribution in [3.8, 4) is 0 Å². The molecule has 3 heteroatoms. The van der Waals surface area contributed by atoms with E-state index in [4.69, 9.17) is 0 Å². The molecule has 0 saturated heterocycles. The molecule has 1 atom stereocenters. The molecule has 1 aromatic carbocycles. The van der Waals surface area contributed by atoms with Crippen LogP contribution in [0, 0.1) is 17.6 Å². The van der Waals surface area contributed by atoms with Crippen LogP contribution < -0.4 is 0 Å². The van der Waals surface area contributed by atoms with Crippen molar-refractivity contribution in [1.82, 2.24) is 0 Å². The number of carbonyl (C=O) groups excluding carboxylic acids is 1. The van der Waals surface area contributed by atoms with Gasteiger partial charge in [-0.25, -0.2) is 8.78 Å². The number of hydrogen-bond donors (Lipinski definition) is 0. The van der Waals surface area contributed by atoms with Crippen LogP contribution in [0.2, 0.25) is 0 Å². The molecule has 82 valence electrons. The summed E-state index contributed by atoms with van der Waals surface area (Å²) in [4.78, 5) is 11.2. The van der Waals surface area contributed by atoms with Crippen molar-refractivity contribution in [1.29, 1.82) is 0 Å². The highest BCUT2D eigenvalue weighted by atomic mass is 19.1. The van der Waals surface area contributed by atoms with Crippen molar-refractivity contribution < 1.29 is 13.6 Å². The second-order valence-corrected chi connectivity index (χ2v) is 3.66. The highest BCUT2D eigenvalue weighted by Gasteiger charge is 2.15. The Hall–Kier alpha value is -1.25. The van der Waals surface area contributed by atoms with Gasteiger partial charge >= 0.3 is 0 Å². The Morgan fingerprint density at radius 1 is 1.40 bits per heavy atom. The Kier molecular flexibility index (Phi) is 3.95. The number of hydrogen-bond acceptors (Lipinski definition) is 1. The van der Waals surface area contributed by atoms with Gasteiger partial charge < -0.3 is 0 Å². The standard InChI is InChI=1S/C12H14F2O/c1-3-9(8(2)15)6-10-4-5-11(13)7-12(10)14/h4-5,7,9H,3,6H2,1-2H3/t9-/m0/s1. The summed E-state index contributed by atoms with van der Waals surface area (Å²) in [5, 5.41) is 0. The van der Waals surface area contributed by atoms with Gasteiger partial charge in [0.15, 0.2) is 0 Å². The van der Waals surface area contributed by atoms with E-state index in [0.29, 0.717) is 18.4 Å². The molecule has 0 aliphatic rings. The Labute approximate surface area is 88.1 Å². The number of halogens is 2. The van der Waals surface area contributed by atoms with Crippen molar-refractivity contribution in [3.05, 3.63) is 35.4 Å². The fourth-order valence-electron chi connectivity index (χ4n) is 1.53. The Morgan fingerprint density at radius 2 is 2.07 bits per heavy atom. The van der Waals surface area contributed by atoms with Crippen LogP contribution in [0.3, 0.4) is 0 Å². The summed E-state index contributed by atoms with van der Waals surface area (Å²) < 4.78 is 25.9. The third-order valence-electron chi connectivity index (χ3n) is 2.55. The Bertz CT molecular complexity index is 361. The molecule has 0 unspecified atom stereocenters. The fourth-order valence-corrected chi connectivity index (χ4v) is 1.53. The van der Waals surface area contributed by atoms with Crippen LogP contribution >= 0.6 is 0 Å². The van der Waals surface area contributed by atoms with Crippen LogP contribution in [-0.4, -0.2) is 5.78 Å². The second kappa shape index (κ2) is 5.01. The largest absolute Gasteiger partial charge is 0.300 e. The van der Waals surface area contributed by atoms with E-state index < -0.39 is 11.6 Å². The maximum Gasteiger partial charge on any atom is 0.133 e. The van der Waals surface area contributed by atoms with Gasteiger partial charge in [-0.3, -0.25) is 4.79 Å². The lowest BCUT2D eigenvalue weighted by Crippen LogP contribution is -2.13. The first-order valence-electron chi connectivity index (χ1n) is 4.99. The van der Waals surface area contributed by atoms with Gasteiger partial charge in [-0.05, 0) is 31.4 Å². The number of carbonyl (C=O) groups is 1. The molecule has 0 aromatic heterocycles. The first-order valence-corrected chi connectivity index (χ1v) is 4.99. The van der Waals surface area contributed by atoms with Crippen LogP contribution in [0.15, 0.2) is 18.2 Å². The quantitative estimate of drug-likeness (QED) is 0.749. The SMILES string of the molecule is CC[C@@H](Cc1ccc(F)cc1F)C(C)=O. The van der Waals surface area contributed by atoms with Gasteiger partial charge in [0.1, 0.15) is 17.4 Å². The topological polar surface area (TPSA) is 17.1 Å². The zero-order valence-corrected chi connectivity index (χ0v) is 8.89. The van der Waals surface area contributed by atoms with Crippen molar-refractivity contribution in [2.24, 2.45) is 5.92 Å². The minimum atomic E-state index is -0.591. The number of rotatable bonds is 4. The smallest absolute Gasteiger partial charge is 0.133 e. The van der Waals surface area contributed by atoms with Gasteiger partial charge in [0, 0.05) is 12.0 Å². The zero-order chi connectivity index (χ0) is 11.4. The molecule has 0 bridgehead atoms. The average Bonchev–Trinajstić information content (AvgIpc) is 2.16. The van der Waals surface area contributed by atoms with Gasteiger partial charge in [0.2, 0.25) is 0 Å². The van der Waals surface area contributed by atoms with E-state index in [9.17, 15) is 13.6 Å². The van der Waals surface area contributed by atoms with Crippen LogP contribution in [0.25, 0.3) is 0 Å². The van der Waals surface area contributed by atoms with Gasteiger partial charge in [-0.15, -0.1) is 0 Å². The monoisotopic (exact) mass is 212 g/mol. The van der Waals surface area contributed by atoms with E-state index in [-0.39, 0.29) is 11.7 Å². The number of ketones is 1. The zero-order valence-electron chi connectivity index (χ0n) is 8.89. The highest BCUT2D eigenvalue weighted by molar-refractivity contribution is 5.78. The molecule has 0 amide bonds. The first kappa shape index (κ1) is 11.8. The lowest BCUT2D eigenvalue weighted by atomic mass is 9.93. The van der Waals surface area contributed by atoms with Crippen molar-refractivity contribution in [3.63, 3.8) is 0 Å². The fraction of sp³-hybridized carbons (Fsp3) is 0.417. The first-order chi connectivity index (χ1) is 7.04. The van der Waals surface area contributed by atoms with Crippen LogP contribution in [0.1, 0.15) is 25.8 Å².